The molecule has 0 bridgehead atoms. The topological polar surface area (TPSA) is 74.4 Å². The van der Waals surface area contributed by atoms with Crippen molar-refractivity contribution in [2.24, 2.45) is 0 Å². The molecule has 0 saturated carbocycles. The Morgan fingerprint density at radius 1 is 1.18 bits per heavy atom. The summed E-state index contributed by atoms with van der Waals surface area (Å²) >= 11 is 0. The maximum Gasteiger partial charge on any atom is 0.340 e. The number of benzene rings is 2. The number of carbonyl (C=O) groups excluding carboxylic acids is 1. The van der Waals surface area contributed by atoms with Gasteiger partial charge in [-0.1, -0.05) is 30.3 Å². The number of quaternary nitrogens is 1. The summed E-state index contributed by atoms with van der Waals surface area (Å²) in [5.74, 6) is 0.292. The van der Waals surface area contributed by atoms with Gasteiger partial charge in [0, 0.05) is 23.1 Å². The number of aliphatic hydroxyl groups is 1. The summed E-state index contributed by atoms with van der Waals surface area (Å²) in [6.45, 7) is 8.83. The first-order chi connectivity index (χ1) is 16.1. The summed E-state index contributed by atoms with van der Waals surface area (Å²) in [4.78, 5) is 14.1. The molecule has 2 aromatic carbocycles. The SMILES string of the molecule is CCOC(=O)c1c(C)n(Cc2ccccc2)c2ccc(OC[C@H](O)C[NH+]3CCOCC3)cc12. The number of esters is 1. The van der Waals surface area contributed by atoms with Crippen molar-refractivity contribution in [1.29, 1.82) is 0 Å². The van der Waals surface area contributed by atoms with Gasteiger partial charge in [-0.05, 0) is 37.6 Å². The molecule has 1 saturated heterocycles. The lowest BCUT2D eigenvalue weighted by molar-refractivity contribution is -0.911. The second-order valence-corrected chi connectivity index (χ2v) is 8.46. The first-order valence-corrected chi connectivity index (χ1v) is 11.6. The van der Waals surface area contributed by atoms with Crippen molar-refractivity contribution >= 4 is 16.9 Å². The standard InChI is InChI=1S/C26H32N2O5/c1-3-32-26(30)25-19(2)28(16-20-7-5-4-6-8-20)24-10-9-22(15-23(24)25)33-18-21(29)17-27-11-13-31-14-12-27/h4-10,15,21,29H,3,11-14,16-18H2,1-2H3/p+1/t21-/m1/s1. The minimum atomic E-state index is -0.567. The predicted octanol–water partition coefficient (Wildman–Crippen LogP) is 1.83. The number of hydrogen-bond donors (Lipinski definition) is 2. The van der Waals surface area contributed by atoms with Crippen LogP contribution < -0.4 is 9.64 Å². The lowest BCUT2D eigenvalue weighted by Gasteiger charge is -2.25. The van der Waals surface area contributed by atoms with Crippen LogP contribution in [0.25, 0.3) is 10.9 Å². The van der Waals surface area contributed by atoms with E-state index in [1.165, 1.54) is 4.90 Å². The van der Waals surface area contributed by atoms with Crippen LogP contribution in [-0.4, -0.2) is 67.8 Å². The van der Waals surface area contributed by atoms with Crippen LogP contribution in [0.1, 0.15) is 28.5 Å². The number of morpholine rings is 1. The van der Waals surface area contributed by atoms with Crippen molar-refractivity contribution in [1.82, 2.24) is 4.57 Å². The highest BCUT2D eigenvalue weighted by Gasteiger charge is 2.23. The van der Waals surface area contributed by atoms with E-state index in [-0.39, 0.29) is 12.6 Å². The molecule has 0 radical (unpaired) electrons. The monoisotopic (exact) mass is 453 g/mol. The van der Waals surface area contributed by atoms with Crippen LogP contribution in [0.2, 0.25) is 0 Å². The van der Waals surface area contributed by atoms with E-state index < -0.39 is 6.10 Å². The van der Waals surface area contributed by atoms with Crippen molar-refractivity contribution < 1.29 is 29.0 Å². The average molecular weight is 454 g/mol. The van der Waals surface area contributed by atoms with E-state index in [0.29, 0.717) is 31.0 Å². The number of aromatic nitrogens is 1. The van der Waals surface area contributed by atoms with Crippen LogP contribution in [0.4, 0.5) is 0 Å². The Morgan fingerprint density at radius 3 is 2.67 bits per heavy atom. The zero-order valence-corrected chi connectivity index (χ0v) is 19.4. The highest BCUT2D eigenvalue weighted by molar-refractivity contribution is 6.06. The van der Waals surface area contributed by atoms with E-state index in [1.807, 2.05) is 50.2 Å². The van der Waals surface area contributed by atoms with Gasteiger partial charge < -0.3 is 28.8 Å². The lowest BCUT2D eigenvalue weighted by Crippen LogP contribution is -3.15. The van der Waals surface area contributed by atoms with Crippen LogP contribution >= 0.6 is 0 Å². The second kappa shape index (κ2) is 10.8. The fraction of sp³-hybridized carbons (Fsp3) is 0.423. The average Bonchev–Trinajstić information content (AvgIpc) is 3.10. The molecule has 176 valence electrons. The number of carbonyl (C=O) groups is 1. The minimum Gasteiger partial charge on any atom is -0.491 e. The lowest BCUT2D eigenvalue weighted by atomic mass is 10.1. The van der Waals surface area contributed by atoms with Gasteiger partial charge in [-0.3, -0.25) is 0 Å². The molecule has 7 heteroatoms. The third kappa shape index (κ3) is 5.55. The molecule has 1 fully saturated rings. The molecular formula is C26H33N2O5+. The summed E-state index contributed by atoms with van der Waals surface area (Å²) in [7, 11) is 0. The first-order valence-electron chi connectivity index (χ1n) is 11.6. The van der Waals surface area contributed by atoms with E-state index in [1.54, 1.807) is 0 Å². The maximum absolute atomic E-state index is 12.8. The third-order valence-corrected chi connectivity index (χ3v) is 6.12. The second-order valence-electron chi connectivity index (χ2n) is 8.46. The van der Waals surface area contributed by atoms with Gasteiger partial charge in [-0.25, -0.2) is 4.79 Å². The molecule has 0 amide bonds. The number of aliphatic hydroxyl groups excluding tert-OH is 1. The van der Waals surface area contributed by atoms with Crippen molar-refractivity contribution in [3.63, 3.8) is 0 Å². The van der Waals surface area contributed by atoms with Crippen LogP contribution in [0.15, 0.2) is 48.5 Å². The molecule has 4 rings (SSSR count). The first kappa shape index (κ1) is 23.3. The van der Waals surface area contributed by atoms with Gasteiger partial charge in [0.05, 0.1) is 25.4 Å². The van der Waals surface area contributed by atoms with Crippen LogP contribution in [0.5, 0.6) is 5.75 Å². The van der Waals surface area contributed by atoms with Gasteiger partial charge in [0.15, 0.2) is 0 Å². The molecular weight excluding hydrogens is 420 g/mol. The van der Waals surface area contributed by atoms with E-state index in [0.717, 1.165) is 48.5 Å². The normalized spacial score (nSPS) is 15.5. The molecule has 3 aromatic rings. The Kier molecular flexibility index (Phi) is 7.65. The van der Waals surface area contributed by atoms with Gasteiger partial charge in [0.1, 0.15) is 38.1 Å². The maximum atomic E-state index is 12.8. The number of rotatable bonds is 9. The van der Waals surface area contributed by atoms with Crippen molar-refractivity contribution in [2.75, 3.05) is 46.1 Å². The molecule has 2 heterocycles. The van der Waals surface area contributed by atoms with Crippen LogP contribution in [0, 0.1) is 6.92 Å². The Labute approximate surface area is 194 Å². The Morgan fingerprint density at radius 2 is 1.94 bits per heavy atom. The molecule has 1 aliphatic heterocycles. The van der Waals surface area contributed by atoms with Gasteiger partial charge in [0.2, 0.25) is 0 Å². The Balaban J connectivity index is 1.57. The van der Waals surface area contributed by atoms with E-state index in [2.05, 4.69) is 16.7 Å². The summed E-state index contributed by atoms with van der Waals surface area (Å²) in [6, 6.07) is 15.9. The molecule has 2 N–H and O–H groups in total. The Bertz CT molecular complexity index is 1070. The molecule has 33 heavy (non-hydrogen) atoms. The minimum absolute atomic E-state index is 0.203. The number of nitrogens with one attached hydrogen (secondary N) is 1. The van der Waals surface area contributed by atoms with Crippen molar-refractivity contribution in [2.45, 2.75) is 26.5 Å². The molecule has 1 aliphatic rings. The van der Waals surface area contributed by atoms with Gasteiger partial charge in [-0.2, -0.15) is 0 Å². The fourth-order valence-electron chi connectivity index (χ4n) is 4.43. The molecule has 1 atom stereocenters. The summed E-state index contributed by atoms with van der Waals surface area (Å²) in [5, 5.41) is 11.2. The zero-order valence-electron chi connectivity index (χ0n) is 19.4. The summed E-state index contributed by atoms with van der Waals surface area (Å²) < 4.78 is 18.8. The van der Waals surface area contributed by atoms with Crippen LogP contribution in [-0.2, 0) is 16.0 Å². The van der Waals surface area contributed by atoms with Gasteiger partial charge >= 0.3 is 5.97 Å². The predicted molar refractivity (Wildman–Crippen MR) is 126 cm³/mol. The van der Waals surface area contributed by atoms with Crippen molar-refractivity contribution in [3.05, 3.63) is 65.4 Å². The third-order valence-electron chi connectivity index (χ3n) is 6.12. The quantitative estimate of drug-likeness (QED) is 0.484. The van der Waals surface area contributed by atoms with Crippen LogP contribution in [0.3, 0.4) is 0 Å². The van der Waals surface area contributed by atoms with Crippen molar-refractivity contribution in [3.8, 4) is 5.75 Å². The highest BCUT2D eigenvalue weighted by atomic mass is 16.5. The van der Waals surface area contributed by atoms with Gasteiger partial charge in [-0.15, -0.1) is 0 Å². The van der Waals surface area contributed by atoms with E-state index >= 15 is 0 Å². The molecule has 1 aromatic heterocycles. The smallest absolute Gasteiger partial charge is 0.340 e. The number of nitrogens with zero attached hydrogens (tertiary/aromatic N) is 1. The summed E-state index contributed by atoms with van der Waals surface area (Å²) in [5.41, 5.74) is 3.53. The summed E-state index contributed by atoms with van der Waals surface area (Å²) in [6.07, 6.45) is -0.567. The number of hydrogen-bond acceptors (Lipinski definition) is 5. The van der Waals surface area contributed by atoms with E-state index in [9.17, 15) is 9.90 Å². The molecule has 0 aliphatic carbocycles. The largest absolute Gasteiger partial charge is 0.491 e. The zero-order chi connectivity index (χ0) is 23.2. The molecule has 7 nitrogen and oxygen atoms in total. The number of fused-ring (bicyclic) bond motifs is 1. The fourth-order valence-corrected chi connectivity index (χ4v) is 4.43. The molecule has 0 unspecified atom stereocenters. The Hall–Kier alpha value is -2.87. The van der Waals surface area contributed by atoms with E-state index in [4.69, 9.17) is 14.2 Å². The molecule has 0 spiro atoms. The highest BCUT2D eigenvalue weighted by Crippen LogP contribution is 2.31. The van der Waals surface area contributed by atoms with Gasteiger partial charge in [0.25, 0.3) is 0 Å². The number of ether oxygens (including phenoxy) is 3.